The van der Waals surface area contributed by atoms with Gasteiger partial charge in [-0.3, -0.25) is 53.0 Å². The number of nitrogens with one attached hydrogen (secondary N) is 4. The van der Waals surface area contributed by atoms with Crippen LogP contribution in [0.25, 0.3) is 0 Å². The van der Waals surface area contributed by atoms with E-state index in [1.54, 1.807) is 20.1 Å². The molecule has 0 radical (unpaired) electrons. The van der Waals surface area contributed by atoms with Crippen molar-refractivity contribution in [2.24, 2.45) is 5.73 Å². The second-order valence-corrected chi connectivity index (χ2v) is 20.0. The maximum Gasteiger partial charge on any atom is 0.252 e. The van der Waals surface area contributed by atoms with E-state index in [1.807, 2.05) is 0 Å². The molecule has 3 fully saturated rings. The summed E-state index contributed by atoms with van der Waals surface area (Å²) in [7, 11) is 2.96. The number of aliphatic hydroxyl groups is 2. The number of primary amides is 1. The number of benzene rings is 2. The third-order valence-electron chi connectivity index (χ3n) is 14.0. The normalized spacial score (nSPS) is 22.3. The molecule has 2 aromatic rings. The molecule has 3 saturated heterocycles. The van der Waals surface area contributed by atoms with Gasteiger partial charge < -0.3 is 90.1 Å². The van der Waals surface area contributed by atoms with Crippen LogP contribution in [0.1, 0.15) is 96.0 Å². The highest BCUT2D eigenvalue weighted by molar-refractivity contribution is 6.31. The fourth-order valence-electron chi connectivity index (χ4n) is 9.95. The van der Waals surface area contributed by atoms with Gasteiger partial charge in [0.25, 0.3) is 11.8 Å². The van der Waals surface area contributed by atoms with Crippen molar-refractivity contribution in [3.63, 3.8) is 0 Å². The number of morpholine rings is 1. The second kappa shape index (κ2) is 33.6. The van der Waals surface area contributed by atoms with Crippen LogP contribution in [0.15, 0.2) is 30.4 Å². The fourth-order valence-corrected chi connectivity index (χ4v) is 9.95. The topological polar surface area (TPSA) is 398 Å². The van der Waals surface area contributed by atoms with E-state index >= 15 is 0 Å². The van der Waals surface area contributed by atoms with Gasteiger partial charge in [0.05, 0.1) is 109 Å². The van der Waals surface area contributed by atoms with Gasteiger partial charge in [-0.25, -0.2) is 0 Å². The Kier molecular flexibility index (Phi) is 27.2. The molecule has 3 heterocycles. The minimum absolute atomic E-state index is 0.0376. The lowest BCUT2D eigenvalue weighted by Gasteiger charge is -2.37. The van der Waals surface area contributed by atoms with Gasteiger partial charge in [0, 0.05) is 82.3 Å². The minimum Gasteiger partial charge on any atom is -0.507 e. The number of nitrogens with two attached hydrogens (primary N) is 1. The van der Waals surface area contributed by atoms with Crippen LogP contribution in [-0.2, 0) is 77.9 Å². The number of phenols is 2. The van der Waals surface area contributed by atoms with Gasteiger partial charge in [0.15, 0.2) is 18.3 Å². The standard InChI is InChI=1S/C43H55N5O17.C11H19NO4.C2H5NO/c1-4-6-32(53)48(24-49)12-14-63-16-18-65-20-19-64-17-15-62-13-9-30(51)46-23-31(52)47-25(2)41(58)44-10-11-45-42(59)43(60)21-27-33(28(50)22-43)39(56)36-35(38(27)55)37(54)26-7-5-8-29(61-3)34(26)40(36)57;1-7-9-8(3-5-14-7)12-4-6-15-11(13-2)10(12)16-9;1-2(3)4/h4-8,24-25,28,50,55-56,60H,9-23H2,1-3H3,(H,44,58)(H,45,59)(H,46,51)(H,47,52);7-11H,3-6H2,1-2H3;1H3,(H2,3,4)/b6-4-;;/t25?,28?,43-;7?,8?,9?,10-,11?;/m11./s1. The smallest absolute Gasteiger partial charge is 0.252 e. The summed E-state index contributed by atoms with van der Waals surface area (Å²) in [5.74, 6) is -6.63. The first-order chi connectivity index (χ1) is 40.6. The highest BCUT2D eigenvalue weighted by Crippen LogP contribution is 2.51. The number of ether oxygens (including phenoxy) is 9. The van der Waals surface area contributed by atoms with E-state index in [2.05, 4.69) is 38.8 Å². The zero-order valence-electron chi connectivity index (χ0n) is 48.5. The molecule has 3 aliphatic heterocycles. The van der Waals surface area contributed by atoms with Crippen LogP contribution in [0.3, 0.4) is 0 Å². The lowest BCUT2D eigenvalue weighted by atomic mass is 9.72. The van der Waals surface area contributed by atoms with Crippen LogP contribution < -0.4 is 31.7 Å². The summed E-state index contributed by atoms with van der Waals surface area (Å²) >= 11 is 0. The number of hydrogen-bond donors (Lipinski definition) is 9. The monoisotopic (exact) mass is 1200 g/mol. The van der Waals surface area contributed by atoms with Crippen LogP contribution in [-0.4, -0.2) is 239 Å². The van der Waals surface area contributed by atoms with Crippen LogP contribution in [0, 0.1) is 0 Å². The number of ketones is 2. The molecule has 0 aromatic heterocycles. The molecule has 6 unspecified atom stereocenters. The molecule has 29 nitrogen and oxygen atoms in total. The summed E-state index contributed by atoms with van der Waals surface area (Å²) in [6.45, 7) is 10.1. The summed E-state index contributed by atoms with van der Waals surface area (Å²) < 4.78 is 49.2. The van der Waals surface area contributed by atoms with Gasteiger partial charge in [-0.1, -0.05) is 18.2 Å². The Bertz CT molecular complexity index is 2710. The first kappa shape index (κ1) is 68.7. The molecule has 470 valence electrons. The van der Waals surface area contributed by atoms with Crippen molar-refractivity contribution in [2.45, 2.75) is 102 Å². The summed E-state index contributed by atoms with van der Waals surface area (Å²) in [4.78, 5) is 112. The Morgan fingerprint density at radius 1 is 0.871 bits per heavy atom. The molecule has 2 aromatic carbocycles. The lowest BCUT2D eigenvalue weighted by molar-refractivity contribution is -0.246. The Hall–Kier alpha value is -7.03. The summed E-state index contributed by atoms with van der Waals surface area (Å²) in [6.07, 6.45) is 1.25. The van der Waals surface area contributed by atoms with E-state index in [1.165, 1.54) is 45.2 Å². The minimum atomic E-state index is -2.35. The number of carbonyl (C=O) groups excluding carboxylic acids is 9. The Morgan fingerprint density at radius 2 is 1.51 bits per heavy atom. The SMILES string of the molecule is C/C=C\C(=O)N(C=O)CCOCCOCCOCCOCCC(=O)NCC(=O)NC(C)C(=O)NCCNC(=O)[C@@]1(O)Cc2c(O)c3c(c(O)c2C(O)C1)C(=O)c1c(OC)cccc1C3=O.CC(N)=O.COC1OCCN2C3CCOC(C)C3O[C@H]12. The van der Waals surface area contributed by atoms with Crippen molar-refractivity contribution in [1.82, 2.24) is 31.1 Å². The predicted octanol–water partition coefficient (Wildman–Crippen LogP) is -1.85. The van der Waals surface area contributed by atoms with Gasteiger partial charge in [0.1, 0.15) is 35.0 Å². The van der Waals surface area contributed by atoms with Crippen molar-refractivity contribution in [3.8, 4) is 17.2 Å². The number of imide groups is 1. The van der Waals surface area contributed by atoms with E-state index in [9.17, 15) is 63.6 Å². The summed E-state index contributed by atoms with van der Waals surface area (Å²) in [5.41, 5.74) is 0.207. The second-order valence-electron chi connectivity index (χ2n) is 20.0. The maximum absolute atomic E-state index is 13.5. The van der Waals surface area contributed by atoms with E-state index < -0.39 is 101 Å². The van der Waals surface area contributed by atoms with Crippen molar-refractivity contribution in [1.29, 1.82) is 0 Å². The molecule has 5 aliphatic rings. The number of amides is 7. The number of hydrogen-bond acceptors (Lipinski definition) is 23. The average molecular weight is 1200 g/mol. The van der Waals surface area contributed by atoms with E-state index in [-0.39, 0.29) is 118 Å². The molecule has 7 rings (SSSR count). The fraction of sp³-hybridized carbons (Fsp3) is 0.589. The van der Waals surface area contributed by atoms with E-state index in [0.29, 0.717) is 32.3 Å². The Morgan fingerprint density at radius 3 is 2.14 bits per heavy atom. The number of fused-ring (bicyclic) bond motifs is 6. The van der Waals surface area contributed by atoms with Gasteiger partial charge in [-0.15, -0.1) is 0 Å². The summed E-state index contributed by atoms with van der Waals surface area (Å²) in [5, 5.41) is 54.6. The van der Waals surface area contributed by atoms with Gasteiger partial charge in [-0.05, 0) is 39.3 Å². The van der Waals surface area contributed by atoms with Gasteiger partial charge in [-0.2, -0.15) is 0 Å². The molecule has 0 bridgehead atoms. The molecular weight excluding hydrogens is 1120 g/mol. The molecule has 29 heteroatoms. The highest BCUT2D eigenvalue weighted by Gasteiger charge is 2.52. The largest absolute Gasteiger partial charge is 0.507 e. The third kappa shape index (κ3) is 18.5. The van der Waals surface area contributed by atoms with Gasteiger partial charge >= 0.3 is 0 Å². The molecule has 7 amide bonds. The number of carbonyl (C=O) groups is 9. The summed E-state index contributed by atoms with van der Waals surface area (Å²) in [6, 6.07) is 3.69. The third-order valence-corrected chi connectivity index (χ3v) is 14.0. The molecule has 2 aliphatic carbocycles. The number of phenolic OH excluding ortho intramolecular Hbond substituents is 2. The number of allylic oxidation sites excluding steroid dienone is 1. The first-order valence-corrected chi connectivity index (χ1v) is 27.7. The number of aromatic hydroxyl groups is 2. The van der Waals surface area contributed by atoms with Crippen LogP contribution in [0.5, 0.6) is 17.2 Å². The lowest BCUT2D eigenvalue weighted by Crippen LogP contribution is -2.53. The quantitative estimate of drug-likeness (QED) is 0.0175. The molecule has 0 spiro atoms. The Labute approximate surface area is 491 Å². The van der Waals surface area contributed by atoms with Crippen molar-refractivity contribution in [3.05, 3.63) is 63.7 Å². The molecule has 85 heavy (non-hydrogen) atoms. The molecular formula is C56H79N7O22. The van der Waals surface area contributed by atoms with Crippen molar-refractivity contribution >= 4 is 53.4 Å². The first-order valence-electron chi connectivity index (χ1n) is 27.7. The molecule has 10 N–H and O–H groups in total. The van der Waals surface area contributed by atoms with Crippen molar-refractivity contribution in [2.75, 3.05) is 113 Å². The maximum atomic E-state index is 13.5. The highest BCUT2D eigenvalue weighted by atomic mass is 16.7. The number of nitrogens with zero attached hydrogens (tertiary/aromatic N) is 2. The molecule has 0 saturated carbocycles. The van der Waals surface area contributed by atoms with E-state index in [4.69, 9.17) is 42.6 Å². The predicted molar refractivity (Wildman–Crippen MR) is 296 cm³/mol. The van der Waals surface area contributed by atoms with Gasteiger partial charge in [0.2, 0.25) is 35.8 Å². The Balaban J connectivity index is 0.000000549. The van der Waals surface area contributed by atoms with Crippen LogP contribution >= 0.6 is 0 Å². The van der Waals surface area contributed by atoms with E-state index in [0.717, 1.165) is 31.1 Å². The van der Waals surface area contributed by atoms with Crippen LogP contribution in [0.4, 0.5) is 0 Å². The number of rotatable bonds is 27. The zero-order chi connectivity index (χ0) is 62.4. The average Bonchev–Trinajstić information content (AvgIpc) is 1.74. The molecule has 8 atom stereocenters. The number of methoxy groups -OCH3 is 2. The van der Waals surface area contributed by atoms with Crippen molar-refractivity contribution < 1.29 is 106 Å². The van der Waals surface area contributed by atoms with Crippen LogP contribution in [0.2, 0.25) is 0 Å². The zero-order valence-corrected chi connectivity index (χ0v) is 48.5. The number of aliphatic hydroxyl groups excluding tert-OH is 1.